The first-order chi connectivity index (χ1) is 12.4. The molecule has 144 valence electrons. The van der Waals surface area contributed by atoms with Crippen molar-refractivity contribution in [2.45, 2.75) is 75.4 Å². The van der Waals surface area contributed by atoms with E-state index in [-0.39, 0.29) is 16.8 Å². The highest BCUT2D eigenvalue weighted by Crippen LogP contribution is 2.32. The maximum absolute atomic E-state index is 12.4. The Morgan fingerprint density at radius 2 is 1.96 bits per heavy atom. The summed E-state index contributed by atoms with van der Waals surface area (Å²) in [6.45, 7) is 3.76. The number of carbonyl (C=O) groups is 1. The number of hydrogen-bond donors (Lipinski definition) is 3. The van der Waals surface area contributed by atoms with Crippen molar-refractivity contribution in [3.8, 4) is 0 Å². The zero-order chi connectivity index (χ0) is 18.7. The number of piperidine rings is 1. The highest BCUT2D eigenvalue weighted by Gasteiger charge is 2.34. The lowest BCUT2D eigenvalue weighted by Gasteiger charge is -2.28. The molecular formula is C19H29N3O3S. The van der Waals surface area contributed by atoms with Crippen LogP contribution in [0.4, 0.5) is 5.69 Å². The second-order valence-corrected chi connectivity index (χ2v) is 9.40. The summed E-state index contributed by atoms with van der Waals surface area (Å²) in [7, 11) is -3.57. The number of nitrogens with one attached hydrogen (secondary N) is 3. The van der Waals surface area contributed by atoms with Gasteiger partial charge >= 0.3 is 0 Å². The predicted molar refractivity (Wildman–Crippen MR) is 102 cm³/mol. The van der Waals surface area contributed by atoms with Gasteiger partial charge in [-0.2, -0.15) is 0 Å². The number of benzene rings is 1. The Labute approximate surface area is 156 Å². The molecule has 3 atom stereocenters. The van der Waals surface area contributed by atoms with E-state index in [0.717, 1.165) is 12.8 Å². The van der Waals surface area contributed by atoms with Crippen molar-refractivity contribution in [1.29, 1.82) is 0 Å². The van der Waals surface area contributed by atoms with Gasteiger partial charge in [-0.1, -0.05) is 13.0 Å². The van der Waals surface area contributed by atoms with Gasteiger partial charge in [0.1, 0.15) is 0 Å². The Morgan fingerprint density at radius 3 is 2.62 bits per heavy atom. The molecule has 2 bridgehead atoms. The van der Waals surface area contributed by atoms with Gasteiger partial charge in [-0.3, -0.25) is 4.79 Å². The van der Waals surface area contributed by atoms with Gasteiger partial charge < -0.3 is 10.6 Å². The van der Waals surface area contributed by atoms with Crippen molar-refractivity contribution in [1.82, 2.24) is 10.0 Å². The third kappa shape index (κ3) is 4.84. The fraction of sp³-hybridized carbons (Fsp3) is 0.632. The summed E-state index contributed by atoms with van der Waals surface area (Å²) in [5.41, 5.74) is 0.527. The van der Waals surface area contributed by atoms with E-state index in [2.05, 4.69) is 15.4 Å². The monoisotopic (exact) mass is 379 g/mol. The van der Waals surface area contributed by atoms with E-state index in [1.54, 1.807) is 18.2 Å². The maximum atomic E-state index is 12.4. The average molecular weight is 380 g/mol. The van der Waals surface area contributed by atoms with Crippen LogP contribution in [0, 0.1) is 5.92 Å². The Bertz CT molecular complexity index is 738. The van der Waals surface area contributed by atoms with E-state index in [0.29, 0.717) is 36.5 Å². The molecule has 6 nitrogen and oxygen atoms in total. The van der Waals surface area contributed by atoms with Crippen LogP contribution in [0.3, 0.4) is 0 Å². The number of sulfonamides is 1. The summed E-state index contributed by atoms with van der Waals surface area (Å²) < 4.78 is 27.4. The Morgan fingerprint density at radius 1 is 1.27 bits per heavy atom. The first kappa shape index (κ1) is 19.3. The van der Waals surface area contributed by atoms with Crippen LogP contribution >= 0.6 is 0 Å². The van der Waals surface area contributed by atoms with Gasteiger partial charge in [0.2, 0.25) is 15.9 Å². The van der Waals surface area contributed by atoms with Crippen molar-refractivity contribution in [3.63, 3.8) is 0 Å². The summed E-state index contributed by atoms with van der Waals surface area (Å²) in [6.07, 6.45) is 5.75. The largest absolute Gasteiger partial charge is 0.326 e. The molecule has 0 radical (unpaired) electrons. The molecule has 2 aliphatic rings. The van der Waals surface area contributed by atoms with Gasteiger partial charge in [0.25, 0.3) is 0 Å². The minimum absolute atomic E-state index is 0.0410. The first-order valence-corrected chi connectivity index (χ1v) is 11.0. The summed E-state index contributed by atoms with van der Waals surface area (Å²) in [5, 5.41) is 6.45. The van der Waals surface area contributed by atoms with Gasteiger partial charge in [0.15, 0.2) is 0 Å². The van der Waals surface area contributed by atoms with E-state index in [9.17, 15) is 13.2 Å². The SMILES string of the molecule is CCC(C)NS(=O)(=O)c1cccc(NC(=O)CC2CC3CCC(C2)N3)c1. The van der Waals surface area contributed by atoms with Crippen LogP contribution in [0.1, 0.15) is 52.4 Å². The summed E-state index contributed by atoms with van der Waals surface area (Å²) in [4.78, 5) is 12.6. The Kier molecular flexibility index (Phi) is 5.99. The third-order valence-corrected chi connectivity index (χ3v) is 7.03. The summed E-state index contributed by atoms with van der Waals surface area (Å²) in [6, 6.07) is 7.45. The quantitative estimate of drug-likeness (QED) is 0.680. The van der Waals surface area contributed by atoms with Crippen LogP contribution in [0.15, 0.2) is 29.2 Å². The topological polar surface area (TPSA) is 87.3 Å². The van der Waals surface area contributed by atoms with Crippen molar-refractivity contribution in [2.24, 2.45) is 5.92 Å². The van der Waals surface area contributed by atoms with Gasteiger partial charge in [-0.05, 0) is 63.1 Å². The molecule has 26 heavy (non-hydrogen) atoms. The normalized spacial score (nSPS) is 26.5. The van der Waals surface area contributed by atoms with E-state index in [4.69, 9.17) is 0 Å². The minimum atomic E-state index is -3.57. The maximum Gasteiger partial charge on any atom is 0.240 e. The standard InChI is InChI=1S/C19H29N3O3S/c1-3-13(2)22-26(24,25)18-6-4-5-15(12-18)21-19(23)11-14-9-16-7-8-17(10-14)20-16/h4-6,12-14,16-17,20,22H,3,7-11H2,1-2H3,(H,21,23). The molecule has 1 aromatic rings. The molecule has 1 aromatic carbocycles. The van der Waals surface area contributed by atoms with Crippen LogP contribution in [0.5, 0.6) is 0 Å². The van der Waals surface area contributed by atoms with Crippen molar-refractivity contribution >= 4 is 21.6 Å². The molecule has 0 aromatic heterocycles. The van der Waals surface area contributed by atoms with Crippen LogP contribution < -0.4 is 15.4 Å². The number of hydrogen-bond acceptors (Lipinski definition) is 4. The fourth-order valence-electron chi connectivity index (χ4n) is 3.97. The molecule has 3 N–H and O–H groups in total. The molecule has 3 unspecified atom stereocenters. The van der Waals surface area contributed by atoms with E-state index in [1.165, 1.54) is 18.9 Å². The van der Waals surface area contributed by atoms with Gasteiger partial charge in [-0.25, -0.2) is 13.1 Å². The minimum Gasteiger partial charge on any atom is -0.326 e. The highest BCUT2D eigenvalue weighted by molar-refractivity contribution is 7.89. The average Bonchev–Trinajstić information content (AvgIpc) is 2.93. The zero-order valence-electron chi connectivity index (χ0n) is 15.5. The van der Waals surface area contributed by atoms with Crippen molar-refractivity contribution in [3.05, 3.63) is 24.3 Å². The lowest BCUT2D eigenvalue weighted by molar-refractivity contribution is -0.117. The van der Waals surface area contributed by atoms with Gasteiger partial charge in [0.05, 0.1) is 4.90 Å². The number of amides is 1. The lowest BCUT2D eigenvalue weighted by atomic mass is 9.89. The molecule has 2 aliphatic heterocycles. The van der Waals surface area contributed by atoms with E-state index in [1.807, 2.05) is 13.8 Å². The molecular weight excluding hydrogens is 350 g/mol. The summed E-state index contributed by atoms with van der Waals surface area (Å²) >= 11 is 0. The molecule has 7 heteroatoms. The Balaban J connectivity index is 1.60. The smallest absolute Gasteiger partial charge is 0.240 e. The fourth-order valence-corrected chi connectivity index (χ4v) is 5.35. The number of rotatable bonds is 7. The van der Waals surface area contributed by atoms with E-state index < -0.39 is 10.0 Å². The first-order valence-electron chi connectivity index (χ1n) is 9.54. The van der Waals surface area contributed by atoms with Crippen LogP contribution in [-0.2, 0) is 14.8 Å². The number of fused-ring (bicyclic) bond motifs is 2. The van der Waals surface area contributed by atoms with Crippen molar-refractivity contribution < 1.29 is 13.2 Å². The van der Waals surface area contributed by atoms with Crippen LogP contribution in [0.2, 0.25) is 0 Å². The highest BCUT2D eigenvalue weighted by atomic mass is 32.2. The molecule has 1 amide bonds. The molecule has 0 spiro atoms. The molecule has 2 saturated heterocycles. The molecule has 2 heterocycles. The molecule has 2 fully saturated rings. The zero-order valence-corrected chi connectivity index (χ0v) is 16.3. The Hall–Kier alpha value is -1.44. The lowest BCUT2D eigenvalue weighted by Crippen LogP contribution is -2.39. The predicted octanol–water partition coefficient (Wildman–Crippen LogP) is 2.62. The van der Waals surface area contributed by atoms with Crippen LogP contribution in [-0.4, -0.2) is 32.5 Å². The van der Waals surface area contributed by atoms with Gasteiger partial charge in [-0.15, -0.1) is 0 Å². The molecule has 0 aliphatic carbocycles. The number of carbonyl (C=O) groups excluding carboxylic acids is 1. The number of anilines is 1. The second kappa shape index (κ2) is 8.06. The van der Waals surface area contributed by atoms with Crippen molar-refractivity contribution in [2.75, 3.05) is 5.32 Å². The van der Waals surface area contributed by atoms with Crippen LogP contribution in [0.25, 0.3) is 0 Å². The van der Waals surface area contributed by atoms with E-state index >= 15 is 0 Å². The van der Waals surface area contributed by atoms with Gasteiger partial charge in [0, 0.05) is 30.2 Å². The second-order valence-electron chi connectivity index (χ2n) is 7.69. The summed E-state index contributed by atoms with van der Waals surface area (Å²) in [5.74, 6) is 0.369. The molecule has 0 saturated carbocycles. The molecule has 3 rings (SSSR count). The third-order valence-electron chi connectivity index (χ3n) is 5.44.